The summed E-state index contributed by atoms with van der Waals surface area (Å²) in [5.74, 6) is 0. The smallest absolute Gasteiger partial charge is 0.0830 e. The van der Waals surface area contributed by atoms with Gasteiger partial charge in [-0.25, -0.2) is 0 Å². The highest BCUT2D eigenvalue weighted by Crippen LogP contribution is 2.28. The molecule has 0 bridgehead atoms. The van der Waals surface area contributed by atoms with E-state index in [1.54, 1.807) is 0 Å². The topological polar surface area (TPSA) is 35.2 Å². The minimum Gasteiger partial charge on any atom is -0.374 e. The summed E-state index contributed by atoms with van der Waals surface area (Å²) in [7, 11) is 0. The standard InChI is InChI=1S/C18H31NO/c1-7-18(8-2,20-9-3)17(19)12-16-14(5)10-13(4)11-15(16)6/h10-11,17H,7-9,12,19H2,1-6H3. The maximum Gasteiger partial charge on any atom is 0.0830 e. The van der Waals surface area contributed by atoms with Gasteiger partial charge < -0.3 is 10.5 Å². The quantitative estimate of drug-likeness (QED) is 0.815. The summed E-state index contributed by atoms with van der Waals surface area (Å²) in [6, 6.07) is 4.53. The summed E-state index contributed by atoms with van der Waals surface area (Å²) in [5, 5.41) is 0. The Labute approximate surface area is 124 Å². The highest BCUT2D eigenvalue weighted by atomic mass is 16.5. The molecule has 0 heterocycles. The van der Waals surface area contributed by atoms with Gasteiger partial charge in [0.2, 0.25) is 0 Å². The fraction of sp³-hybridized carbons (Fsp3) is 0.667. The van der Waals surface area contributed by atoms with Crippen LogP contribution in [0.15, 0.2) is 12.1 Å². The first kappa shape index (κ1) is 17.2. The summed E-state index contributed by atoms with van der Waals surface area (Å²) in [6.45, 7) is 13.6. The van der Waals surface area contributed by atoms with Crippen molar-refractivity contribution in [3.05, 3.63) is 34.4 Å². The van der Waals surface area contributed by atoms with Crippen LogP contribution in [0.25, 0.3) is 0 Å². The number of benzene rings is 1. The Balaban J connectivity index is 3.02. The normalized spacial score (nSPS) is 13.6. The van der Waals surface area contributed by atoms with Crippen LogP contribution in [0.5, 0.6) is 0 Å². The Bertz CT molecular complexity index is 412. The molecule has 1 rings (SSSR count). The molecule has 0 aliphatic carbocycles. The number of hydrogen-bond acceptors (Lipinski definition) is 2. The first-order valence-electron chi connectivity index (χ1n) is 7.86. The van der Waals surface area contributed by atoms with Gasteiger partial charge in [0.15, 0.2) is 0 Å². The van der Waals surface area contributed by atoms with Crippen LogP contribution in [0.3, 0.4) is 0 Å². The second-order valence-corrected chi connectivity index (χ2v) is 5.89. The molecule has 0 saturated carbocycles. The van der Waals surface area contributed by atoms with E-state index in [9.17, 15) is 0 Å². The second-order valence-electron chi connectivity index (χ2n) is 5.89. The Hall–Kier alpha value is -0.860. The largest absolute Gasteiger partial charge is 0.374 e. The van der Waals surface area contributed by atoms with Crippen LogP contribution >= 0.6 is 0 Å². The maximum atomic E-state index is 6.54. The molecular weight excluding hydrogens is 246 g/mol. The lowest BCUT2D eigenvalue weighted by Crippen LogP contribution is -2.50. The molecule has 20 heavy (non-hydrogen) atoms. The Morgan fingerprint density at radius 3 is 1.95 bits per heavy atom. The van der Waals surface area contributed by atoms with Gasteiger partial charge in [-0.15, -0.1) is 0 Å². The molecule has 0 fully saturated rings. The zero-order valence-electron chi connectivity index (χ0n) is 14.0. The predicted octanol–water partition coefficient (Wildman–Crippen LogP) is 4.08. The van der Waals surface area contributed by atoms with Crippen LogP contribution in [-0.2, 0) is 11.2 Å². The van der Waals surface area contributed by atoms with Gasteiger partial charge in [-0.05, 0) is 63.6 Å². The number of ether oxygens (including phenoxy) is 1. The van der Waals surface area contributed by atoms with E-state index < -0.39 is 0 Å². The summed E-state index contributed by atoms with van der Waals surface area (Å²) >= 11 is 0. The van der Waals surface area contributed by atoms with Crippen LogP contribution in [0.1, 0.15) is 55.9 Å². The van der Waals surface area contributed by atoms with Crippen molar-refractivity contribution in [2.75, 3.05) is 6.61 Å². The molecule has 0 aromatic heterocycles. The van der Waals surface area contributed by atoms with Crippen molar-refractivity contribution < 1.29 is 4.74 Å². The van der Waals surface area contributed by atoms with Crippen LogP contribution < -0.4 is 5.73 Å². The van der Waals surface area contributed by atoms with Gasteiger partial charge in [-0.2, -0.15) is 0 Å². The monoisotopic (exact) mass is 277 g/mol. The molecule has 0 saturated heterocycles. The Morgan fingerprint density at radius 1 is 1.05 bits per heavy atom. The zero-order chi connectivity index (χ0) is 15.3. The van der Waals surface area contributed by atoms with E-state index in [0.29, 0.717) is 0 Å². The summed E-state index contributed by atoms with van der Waals surface area (Å²) < 4.78 is 6.04. The first-order valence-corrected chi connectivity index (χ1v) is 7.86. The van der Waals surface area contributed by atoms with Gasteiger partial charge in [0.25, 0.3) is 0 Å². The maximum absolute atomic E-state index is 6.54. The van der Waals surface area contributed by atoms with Crippen molar-refractivity contribution in [1.29, 1.82) is 0 Å². The van der Waals surface area contributed by atoms with Crippen molar-refractivity contribution in [2.24, 2.45) is 5.73 Å². The van der Waals surface area contributed by atoms with Crippen LogP contribution in [-0.4, -0.2) is 18.2 Å². The SMILES string of the molecule is CCOC(CC)(CC)C(N)Cc1c(C)cc(C)cc1C. The molecule has 2 nitrogen and oxygen atoms in total. The number of aryl methyl sites for hydroxylation is 3. The fourth-order valence-electron chi connectivity index (χ4n) is 3.31. The Kier molecular flexibility index (Phi) is 6.22. The van der Waals surface area contributed by atoms with E-state index >= 15 is 0 Å². The minimum absolute atomic E-state index is 0.0394. The molecule has 1 aromatic carbocycles. The average molecular weight is 277 g/mol. The van der Waals surface area contributed by atoms with Gasteiger partial charge in [0.05, 0.1) is 5.60 Å². The molecule has 114 valence electrons. The molecule has 0 radical (unpaired) electrons. The number of hydrogen-bond donors (Lipinski definition) is 1. The van der Waals surface area contributed by atoms with Gasteiger partial charge in [-0.1, -0.05) is 31.5 Å². The summed E-state index contributed by atoms with van der Waals surface area (Å²) in [4.78, 5) is 0. The lowest BCUT2D eigenvalue weighted by atomic mass is 9.83. The van der Waals surface area contributed by atoms with Gasteiger partial charge in [-0.3, -0.25) is 0 Å². The van der Waals surface area contributed by atoms with E-state index in [1.807, 2.05) is 0 Å². The van der Waals surface area contributed by atoms with Gasteiger partial charge in [0, 0.05) is 12.6 Å². The van der Waals surface area contributed by atoms with Gasteiger partial charge >= 0.3 is 0 Å². The molecule has 0 aliphatic rings. The van der Waals surface area contributed by atoms with Crippen molar-refractivity contribution in [3.63, 3.8) is 0 Å². The van der Waals surface area contributed by atoms with Gasteiger partial charge in [0.1, 0.15) is 0 Å². The van der Waals surface area contributed by atoms with E-state index in [0.717, 1.165) is 25.9 Å². The fourth-order valence-corrected chi connectivity index (χ4v) is 3.31. The molecule has 1 unspecified atom stereocenters. The van der Waals surface area contributed by atoms with E-state index in [-0.39, 0.29) is 11.6 Å². The third kappa shape index (κ3) is 3.62. The third-order valence-electron chi connectivity index (χ3n) is 4.57. The van der Waals surface area contributed by atoms with E-state index in [1.165, 1.54) is 22.3 Å². The summed E-state index contributed by atoms with van der Waals surface area (Å²) in [5.41, 5.74) is 11.7. The predicted molar refractivity (Wildman–Crippen MR) is 87.3 cm³/mol. The van der Waals surface area contributed by atoms with E-state index in [4.69, 9.17) is 10.5 Å². The van der Waals surface area contributed by atoms with Crippen LogP contribution in [0.2, 0.25) is 0 Å². The lowest BCUT2D eigenvalue weighted by Gasteiger charge is -2.38. The lowest BCUT2D eigenvalue weighted by molar-refractivity contribution is -0.0633. The first-order chi connectivity index (χ1) is 9.40. The second kappa shape index (κ2) is 7.24. The molecule has 2 N–H and O–H groups in total. The van der Waals surface area contributed by atoms with Crippen molar-refractivity contribution in [3.8, 4) is 0 Å². The molecule has 0 spiro atoms. The third-order valence-corrected chi connectivity index (χ3v) is 4.57. The Morgan fingerprint density at radius 2 is 1.55 bits per heavy atom. The van der Waals surface area contributed by atoms with Crippen LogP contribution in [0, 0.1) is 20.8 Å². The number of rotatable bonds is 7. The zero-order valence-corrected chi connectivity index (χ0v) is 14.0. The highest BCUT2D eigenvalue weighted by Gasteiger charge is 2.34. The highest BCUT2D eigenvalue weighted by molar-refractivity contribution is 5.38. The summed E-state index contributed by atoms with van der Waals surface area (Å²) in [6.07, 6.45) is 2.81. The van der Waals surface area contributed by atoms with E-state index in [2.05, 4.69) is 53.7 Å². The molecule has 0 amide bonds. The van der Waals surface area contributed by atoms with Crippen molar-refractivity contribution >= 4 is 0 Å². The van der Waals surface area contributed by atoms with Crippen molar-refractivity contribution in [1.82, 2.24) is 0 Å². The van der Waals surface area contributed by atoms with Crippen molar-refractivity contribution in [2.45, 2.75) is 72.4 Å². The molecule has 1 atom stereocenters. The molecule has 2 heteroatoms. The molecular formula is C18H31NO. The molecule has 1 aromatic rings. The number of nitrogens with two attached hydrogens (primary N) is 1. The average Bonchev–Trinajstić information content (AvgIpc) is 2.40. The van der Waals surface area contributed by atoms with Crippen LogP contribution in [0.4, 0.5) is 0 Å². The molecule has 0 aliphatic heterocycles. The minimum atomic E-state index is -0.196.